The van der Waals surface area contributed by atoms with Gasteiger partial charge in [0.25, 0.3) is 0 Å². The predicted molar refractivity (Wildman–Crippen MR) is 178 cm³/mol. The van der Waals surface area contributed by atoms with Gasteiger partial charge in [0.1, 0.15) is 24.9 Å². The monoisotopic (exact) mass is 678 g/mol. The van der Waals surface area contributed by atoms with Crippen molar-refractivity contribution in [2.75, 3.05) is 13.2 Å². The molecule has 264 valence electrons. The van der Waals surface area contributed by atoms with E-state index in [1.807, 2.05) is 97.9 Å². The highest BCUT2D eigenvalue weighted by Crippen LogP contribution is 2.30. The molecule has 0 radical (unpaired) electrons. The first-order valence-corrected chi connectivity index (χ1v) is 16.4. The Bertz CT molecular complexity index is 1420. The van der Waals surface area contributed by atoms with Gasteiger partial charge in [-0.25, -0.2) is 0 Å². The molecule has 1 aliphatic heterocycles. The first kappa shape index (κ1) is 37.7. The number of esters is 3. The second kappa shape index (κ2) is 19.8. The Kier molecular flexibility index (Phi) is 15.2. The molecule has 1 saturated heterocycles. The molecule has 0 aliphatic carbocycles. The van der Waals surface area contributed by atoms with Gasteiger partial charge in [-0.15, -0.1) is 0 Å². The topological polar surface area (TPSA) is 125 Å². The van der Waals surface area contributed by atoms with Crippen LogP contribution < -0.4 is 0 Å². The van der Waals surface area contributed by atoms with E-state index in [9.17, 15) is 14.4 Å². The van der Waals surface area contributed by atoms with Gasteiger partial charge in [0.15, 0.2) is 18.5 Å². The van der Waals surface area contributed by atoms with Gasteiger partial charge in [0.05, 0.1) is 32.5 Å². The van der Waals surface area contributed by atoms with E-state index < -0.39 is 60.8 Å². The van der Waals surface area contributed by atoms with Crippen LogP contribution in [0.25, 0.3) is 0 Å². The van der Waals surface area contributed by atoms with Gasteiger partial charge >= 0.3 is 17.9 Å². The number of carbonyl (C=O) groups excluding carboxylic acids is 3. The molecule has 0 spiro atoms. The Labute approximate surface area is 287 Å². The molecule has 4 unspecified atom stereocenters. The molecule has 1 aliphatic rings. The van der Waals surface area contributed by atoms with Gasteiger partial charge in [-0.05, 0) is 23.1 Å². The van der Waals surface area contributed by atoms with Crippen molar-refractivity contribution in [3.8, 4) is 0 Å². The minimum absolute atomic E-state index is 0.0764. The minimum Gasteiger partial charge on any atom is -0.463 e. The number of ether oxygens (including phenoxy) is 8. The zero-order valence-electron chi connectivity index (χ0n) is 28.4. The van der Waals surface area contributed by atoms with E-state index in [0.717, 1.165) is 16.7 Å². The highest BCUT2D eigenvalue weighted by atomic mass is 16.7. The van der Waals surface area contributed by atoms with Crippen molar-refractivity contribution in [2.45, 2.75) is 96.9 Å². The number of carbonyl (C=O) groups is 3. The fourth-order valence-corrected chi connectivity index (χ4v) is 5.46. The lowest BCUT2D eigenvalue weighted by Crippen LogP contribution is -2.46. The maximum atomic E-state index is 12.2. The fraction of sp³-hybridized carbons (Fsp3) is 0.447. The second-order valence-electron chi connectivity index (χ2n) is 11.7. The van der Waals surface area contributed by atoms with E-state index in [4.69, 9.17) is 37.9 Å². The van der Waals surface area contributed by atoms with Crippen molar-refractivity contribution >= 4 is 17.9 Å². The molecule has 0 bridgehead atoms. The van der Waals surface area contributed by atoms with Gasteiger partial charge in [-0.3, -0.25) is 14.4 Å². The first-order chi connectivity index (χ1) is 23.7. The summed E-state index contributed by atoms with van der Waals surface area (Å²) in [6, 6.07) is 29.4. The molecule has 1 heterocycles. The van der Waals surface area contributed by atoms with Crippen molar-refractivity contribution in [2.24, 2.45) is 0 Å². The van der Waals surface area contributed by atoms with Crippen molar-refractivity contribution in [1.82, 2.24) is 0 Å². The van der Waals surface area contributed by atoms with Crippen LogP contribution >= 0.6 is 0 Å². The maximum Gasteiger partial charge on any atom is 0.303 e. The van der Waals surface area contributed by atoms with Crippen molar-refractivity contribution < 1.29 is 52.3 Å². The third-order valence-electron chi connectivity index (χ3n) is 7.78. The average molecular weight is 679 g/mol. The van der Waals surface area contributed by atoms with Crippen LogP contribution in [0.15, 0.2) is 91.0 Å². The molecule has 3 aromatic rings. The molecule has 0 N–H and O–H groups in total. The summed E-state index contributed by atoms with van der Waals surface area (Å²) in [5, 5.41) is 0. The molecule has 4 rings (SSSR count). The number of benzene rings is 3. The van der Waals surface area contributed by atoms with Gasteiger partial charge in [-0.2, -0.15) is 0 Å². The third kappa shape index (κ3) is 12.4. The summed E-state index contributed by atoms with van der Waals surface area (Å²) in [5.74, 6) is -1.81. The van der Waals surface area contributed by atoms with Crippen molar-refractivity contribution in [3.63, 3.8) is 0 Å². The predicted octanol–water partition coefficient (Wildman–Crippen LogP) is 5.32. The van der Waals surface area contributed by atoms with Gasteiger partial charge < -0.3 is 37.9 Å². The summed E-state index contributed by atoms with van der Waals surface area (Å²) in [6.45, 7) is 6.31. The van der Waals surface area contributed by atoms with Crippen LogP contribution in [0.4, 0.5) is 0 Å². The average Bonchev–Trinajstić information content (AvgIpc) is 3.41. The van der Waals surface area contributed by atoms with Crippen LogP contribution in [0, 0.1) is 0 Å². The lowest BCUT2D eigenvalue weighted by atomic mass is 10.0. The van der Waals surface area contributed by atoms with E-state index in [1.165, 1.54) is 20.8 Å². The molecule has 49 heavy (non-hydrogen) atoms. The van der Waals surface area contributed by atoms with Gasteiger partial charge in [0, 0.05) is 20.8 Å². The molecule has 0 amide bonds. The summed E-state index contributed by atoms with van der Waals surface area (Å²) >= 11 is 0. The number of hydrogen-bond acceptors (Lipinski definition) is 11. The van der Waals surface area contributed by atoms with Gasteiger partial charge in [-0.1, -0.05) is 97.9 Å². The SMILES string of the molecule is CCC(OCc1ccccc1)C(OCc1ccccc1)C(CO[C@@H]1O[C@H](COC(C)=O)[C@H](OC(C)=O)C1OC(C)=O)OCc1ccccc1. The Balaban J connectivity index is 1.61. The zero-order valence-corrected chi connectivity index (χ0v) is 28.4. The molecule has 3 aromatic carbocycles. The minimum atomic E-state index is -1.18. The van der Waals surface area contributed by atoms with Gasteiger partial charge in [0.2, 0.25) is 0 Å². The van der Waals surface area contributed by atoms with Crippen LogP contribution in [0.2, 0.25) is 0 Å². The van der Waals surface area contributed by atoms with Crippen LogP contribution in [0.5, 0.6) is 0 Å². The normalized spacial score (nSPS) is 20.6. The largest absolute Gasteiger partial charge is 0.463 e. The Morgan fingerprint density at radius 2 is 1.10 bits per heavy atom. The summed E-state index contributed by atoms with van der Waals surface area (Å²) in [6.07, 6.45) is -5.49. The summed E-state index contributed by atoms with van der Waals surface area (Å²) in [5.41, 5.74) is 2.93. The molecule has 7 atom stereocenters. The van der Waals surface area contributed by atoms with E-state index >= 15 is 0 Å². The van der Waals surface area contributed by atoms with Crippen molar-refractivity contribution in [1.29, 1.82) is 0 Å². The maximum absolute atomic E-state index is 12.2. The van der Waals surface area contributed by atoms with E-state index in [2.05, 4.69) is 0 Å². The lowest BCUT2D eigenvalue weighted by Gasteiger charge is -2.34. The van der Waals surface area contributed by atoms with Crippen LogP contribution in [0.3, 0.4) is 0 Å². The zero-order chi connectivity index (χ0) is 35.0. The Morgan fingerprint density at radius 3 is 1.57 bits per heavy atom. The molecule has 1 fully saturated rings. The molecule has 0 aromatic heterocycles. The fourth-order valence-electron chi connectivity index (χ4n) is 5.46. The molecular formula is C38H46O11. The van der Waals surface area contributed by atoms with Crippen molar-refractivity contribution in [3.05, 3.63) is 108 Å². The summed E-state index contributed by atoms with van der Waals surface area (Å²) in [4.78, 5) is 35.8. The molecule has 0 saturated carbocycles. The molecule has 11 heteroatoms. The lowest BCUT2D eigenvalue weighted by molar-refractivity contribution is -0.219. The third-order valence-corrected chi connectivity index (χ3v) is 7.78. The van der Waals surface area contributed by atoms with E-state index in [1.54, 1.807) is 0 Å². The molecular weight excluding hydrogens is 632 g/mol. The second-order valence-corrected chi connectivity index (χ2v) is 11.7. The van der Waals surface area contributed by atoms with Crippen LogP contribution in [0.1, 0.15) is 50.8 Å². The molecule has 11 nitrogen and oxygen atoms in total. The number of rotatable bonds is 19. The smallest absolute Gasteiger partial charge is 0.303 e. The Morgan fingerprint density at radius 1 is 0.633 bits per heavy atom. The Hall–Kier alpha value is -4.13. The van der Waals surface area contributed by atoms with E-state index in [-0.39, 0.29) is 26.4 Å². The summed E-state index contributed by atoms with van der Waals surface area (Å²) in [7, 11) is 0. The quantitative estimate of drug-likeness (QED) is 0.121. The van der Waals surface area contributed by atoms with Crippen LogP contribution in [-0.2, 0) is 72.1 Å². The summed E-state index contributed by atoms with van der Waals surface area (Å²) < 4.78 is 48.2. The van der Waals surface area contributed by atoms with E-state index in [0.29, 0.717) is 13.0 Å². The highest BCUT2D eigenvalue weighted by molar-refractivity contribution is 5.68. The first-order valence-electron chi connectivity index (χ1n) is 16.4. The van der Waals surface area contributed by atoms with Crippen LogP contribution in [-0.4, -0.2) is 74.0 Å². The highest BCUT2D eigenvalue weighted by Gasteiger charge is 2.51. The standard InChI is InChI=1S/C38H46O11/c1-5-32(43-21-29-15-9-6-10-16-29)35(45-23-31-19-13-8-14-20-31)33(44-22-30-17-11-7-12-18-30)24-46-38-37(48-28(4)41)36(47-27(3)40)34(49-38)25-42-26(2)39/h6-20,32-38H,5,21-25H2,1-4H3/t32?,33?,34-,35?,36+,37?,38-/m1/s1. The number of hydrogen-bond donors (Lipinski definition) is 0.